The van der Waals surface area contributed by atoms with Gasteiger partial charge in [0.05, 0.1) is 25.3 Å². The molecule has 1 amide bonds. The van der Waals surface area contributed by atoms with Crippen molar-refractivity contribution in [3.8, 4) is 22.3 Å². The van der Waals surface area contributed by atoms with Crippen LogP contribution in [0, 0.1) is 5.82 Å². The van der Waals surface area contributed by atoms with Crippen molar-refractivity contribution in [1.29, 1.82) is 0 Å². The average molecular weight is 726 g/mol. The third-order valence-corrected chi connectivity index (χ3v) is 14.2. The number of benzene rings is 2. The van der Waals surface area contributed by atoms with Gasteiger partial charge in [-0.3, -0.25) is 19.4 Å². The number of carbonyl (C=O) groups excluding carboxylic acids is 3. The number of hydrogen-bond donors (Lipinski definition) is 0. The van der Waals surface area contributed by atoms with Gasteiger partial charge in [-0.15, -0.1) is 0 Å². The number of nitrogens with zero attached hydrogens (tertiary/aromatic N) is 3. The van der Waals surface area contributed by atoms with E-state index in [1.807, 2.05) is 66.9 Å². The maximum atomic E-state index is 14.6. The van der Waals surface area contributed by atoms with Crippen LogP contribution in [-0.2, 0) is 25.2 Å². The average Bonchev–Trinajstić information content (AvgIpc) is 3.45. The Hall–Kier alpha value is -4.67. The van der Waals surface area contributed by atoms with E-state index in [1.165, 1.54) is 25.3 Å². The van der Waals surface area contributed by atoms with Gasteiger partial charge in [0.25, 0.3) is 5.91 Å². The lowest BCUT2D eigenvalue weighted by atomic mass is 9.94. The molecule has 8 nitrogen and oxygen atoms in total. The highest BCUT2D eigenvalue weighted by Gasteiger charge is 2.40. The standard InChI is InChI=1S/C42H52FN3O5Si/c1-29(2)46-36(23-22-34(47)27-35(28-37(48)50-7)51-52(8,9)42(3,4)5)38(31-18-20-32(43)21-19-31)39(30-15-11-10-12-16-30)40(46)41(49)45(6)26-24-33-17-13-14-25-44-33/h10-23,25,29,35H,24,26-28H2,1-9H3/b23-22+/t35-/m1/s1. The van der Waals surface area contributed by atoms with Crippen LogP contribution in [0.25, 0.3) is 28.3 Å². The molecule has 2 heterocycles. The summed E-state index contributed by atoms with van der Waals surface area (Å²) in [6.07, 6.45) is 4.80. The van der Waals surface area contributed by atoms with E-state index in [9.17, 15) is 18.8 Å². The van der Waals surface area contributed by atoms with Crippen LogP contribution in [0.15, 0.2) is 85.1 Å². The molecule has 0 aliphatic rings. The molecule has 276 valence electrons. The van der Waals surface area contributed by atoms with Crippen LogP contribution < -0.4 is 0 Å². The van der Waals surface area contributed by atoms with Crippen molar-refractivity contribution in [2.24, 2.45) is 0 Å². The van der Waals surface area contributed by atoms with Gasteiger partial charge in [-0.05, 0) is 79.5 Å². The molecule has 2 aromatic heterocycles. The number of ether oxygens (including phenoxy) is 1. The largest absolute Gasteiger partial charge is 0.469 e. The van der Waals surface area contributed by atoms with Gasteiger partial charge >= 0.3 is 5.97 Å². The van der Waals surface area contributed by atoms with Crippen LogP contribution in [0.3, 0.4) is 0 Å². The molecule has 0 saturated heterocycles. The number of ketones is 1. The van der Waals surface area contributed by atoms with E-state index in [0.717, 1.165) is 11.3 Å². The zero-order valence-electron chi connectivity index (χ0n) is 31.9. The number of methoxy groups -OCH3 is 1. The first-order valence-corrected chi connectivity index (χ1v) is 20.6. The summed E-state index contributed by atoms with van der Waals surface area (Å²) in [6, 6.07) is 21.3. The molecule has 4 aromatic rings. The minimum Gasteiger partial charge on any atom is -0.469 e. The van der Waals surface area contributed by atoms with Gasteiger partial charge in [-0.25, -0.2) is 4.39 Å². The number of halogens is 1. The van der Waals surface area contributed by atoms with Gasteiger partial charge in [0.15, 0.2) is 14.1 Å². The molecule has 0 aliphatic carbocycles. The van der Waals surface area contributed by atoms with Crippen molar-refractivity contribution in [1.82, 2.24) is 14.5 Å². The SMILES string of the molecule is COC(=O)C[C@@H](CC(=O)/C=C/c1c(-c2ccc(F)cc2)c(-c2ccccc2)c(C(=O)N(C)CCc2ccccn2)n1C(C)C)O[Si](C)(C)C(C)(C)C. The molecular formula is C42H52FN3O5Si. The first kappa shape index (κ1) is 40.1. The van der Waals surface area contributed by atoms with E-state index < -0.39 is 20.4 Å². The van der Waals surface area contributed by atoms with Crippen LogP contribution in [0.1, 0.15) is 75.4 Å². The molecule has 0 saturated carbocycles. The predicted octanol–water partition coefficient (Wildman–Crippen LogP) is 9.18. The van der Waals surface area contributed by atoms with Gasteiger partial charge in [0.2, 0.25) is 0 Å². The highest BCUT2D eigenvalue weighted by molar-refractivity contribution is 6.74. The Labute approximate surface area is 308 Å². The molecule has 0 radical (unpaired) electrons. The number of carbonyl (C=O) groups is 3. The van der Waals surface area contributed by atoms with Crippen molar-refractivity contribution >= 4 is 32.1 Å². The van der Waals surface area contributed by atoms with Crippen molar-refractivity contribution < 1.29 is 27.9 Å². The minimum absolute atomic E-state index is 0.0278. The van der Waals surface area contributed by atoms with Gasteiger partial charge in [0, 0.05) is 55.5 Å². The topological polar surface area (TPSA) is 90.7 Å². The molecule has 0 aliphatic heterocycles. The summed E-state index contributed by atoms with van der Waals surface area (Å²) in [5, 5.41) is -0.135. The summed E-state index contributed by atoms with van der Waals surface area (Å²) >= 11 is 0. The van der Waals surface area contributed by atoms with Crippen LogP contribution >= 0.6 is 0 Å². The number of amides is 1. The van der Waals surface area contributed by atoms with E-state index >= 15 is 0 Å². The number of likely N-dealkylation sites (N-methyl/N-ethyl adjacent to an activating group) is 1. The van der Waals surface area contributed by atoms with Crippen molar-refractivity contribution in [2.45, 2.75) is 84.2 Å². The first-order chi connectivity index (χ1) is 24.5. The molecule has 52 heavy (non-hydrogen) atoms. The summed E-state index contributed by atoms with van der Waals surface area (Å²) in [6.45, 7) is 14.9. The Kier molecular flexibility index (Phi) is 13.3. The second-order valence-corrected chi connectivity index (χ2v) is 19.7. The van der Waals surface area contributed by atoms with Crippen LogP contribution in [0.5, 0.6) is 0 Å². The number of rotatable bonds is 15. The predicted molar refractivity (Wildman–Crippen MR) is 208 cm³/mol. The van der Waals surface area contributed by atoms with Crippen LogP contribution in [0.2, 0.25) is 18.1 Å². The third-order valence-electron chi connectivity index (χ3n) is 9.68. The molecule has 0 bridgehead atoms. The fourth-order valence-corrected chi connectivity index (χ4v) is 7.26. The van der Waals surface area contributed by atoms with Gasteiger partial charge in [-0.1, -0.05) is 69.3 Å². The van der Waals surface area contributed by atoms with Gasteiger partial charge in [-0.2, -0.15) is 0 Å². The second kappa shape index (κ2) is 17.2. The Bertz CT molecular complexity index is 1860. The van der Waals surface area contributed by atoms with Crippen molar-refractivity contribution in [3.05, 3.63) is 108 Å². The Morgan fingerprint density at radius 3 is 2.13 bits per heavy atom. The normalized spacial score (nSPS) is 12.7. The number of allylic oxidation sites excluding steroid dienone is 1. The summed E-state index contributed by atoms with van der Waals surface area (Å²) < 4.78 is 27.8. The monoisotopic (exact) mass is 725 g/mol. The summed E-state index contributed by atoms with van der Waals surface area (Å²) in [5.74, 6) is -1.27. The molecule has 2 aromatic carbocycles. The first-order valence-electron chi connectivity index (χ1n) is 17.7. The number of aromatic nitrogens is 2. The molecular weight excluding hydrogens is 674 g/mol. The third kappa shape index (κ3) is 9.80. The Morgan fingerprint density at radius 1 is 0.923 bits per heavy atom. The minimum atomic E-state index is -2.34. The van der Waals surface area contributed by atoms with E-state index in [0.29, 0.717) is 41.0 Å². The zero-order chi connectivity index (χ0) is 38.2. The molecule has 0 unspecified atom stereocenters. The zero-order valence-corrected chi connectivity index (χ0v) is 32.9. The van der Waals surface area contributed by atoms with Crippen LogP contribution in [0.4, 0.5) is 4.39 Å². The highest BCUT2D eigenvalue weighted by atomic mass is 28.4. The summed E-state index contributed by atoms with van der Waals surface area (Å²) in [5.41, 5.74) is 4.86. The number of esters is 1. The van der Waals surface area contributed by atoms with E-state index in [-0.39, 0.29) is 41.4 Å². The lowest BCUT2D eigenvalue weighted by molar-refractivity contribution is -0.142. The van der Waals surface area contributed by atoms with Crippen molar-refractivity contribution in [2.75, 3.05) is 20.7 Å². The summed E-state index contributed by atoms with van der Waals surface area (Å²) in [7, 11) is 0.758. The second-order valence-electron chi connectivity index (χ2n) is 14.9. The maximum absolute atomic E-state index is 14.6. The van der Waals surface area contributed by atoms with E-state index in [1.54, 1.807) is 36.4 Å². The van der Waals surface area contributed by atoms with Gasteiger partial charge in [0.1, 0.15) is 11.5 Å². The lowest BCUT2D eigenvalue weighted by Crippen LogP contribution is -2.44. The fourth-order valence-electron chi connectivity index (χ4n) is 5.91. The van der Waals surface area contributed by atoms with Crippen LogP contribution in [-0.4, -0.2) is 67.2 Å². The molecule has 0 spiro atoms. The molecule has 4 rings (SSSR count). The quantitative estimate of drug-likeness (QED) is 0.0690. The molecule has 1 atom stereocenters. The molecule has 10 heteroatoms. The number of hydrogen-bond acceptors (Lipinski definition) is 6. The molecule has 0 N–H and O–H groups in total. The van der Waals surface area contributed by atoms with E-state index in [4.69, 9.17) is 9.16 Å². The Balaban J connectivity index is 1.87. The Morgan fingerprint density at radius 2 is 1.56 bits per heavy atom. The lowest BCUT2D eigenvalue weighted by Gasteiger charge is -2.39. The maximum Gasteiger partial charge on any atom is 0.308 e. The van der Waals surface area contributed by atoms with Gasteiger partial charge < -0.3 is 18.6 Å². The fraction of sp³-hybridized carbons (Fsp3) is 0.381. The number of pyridine rings is 1. The smallest absolute Gasteiger partial charge is 0.308 e. The van der Waals surface area contributed by atoms with E-state index in [2.05, 4.69) is 38.8 Å². The summed E-state index contributed by atoms with van der Waals surface area (Å²) in [4.78, 5) is 46.9. The molecule has 0 fully saturated rings. The highest BCUT2D eigenvalue weighted by Crippen LogP contribution is 2.43. The van der Waals surface area contributed by atoms with Crippen molar-refractivity contribution in [3.63, 3.8) is 0 Å².